The number of benzene rings is 2. The second-order valence-corrected chi connectivity index (χ2v) is 6.61. The quantitative estimate of drug-likeness (QED) is 0.817. The third kappa shape index (κ3) is 2.93. The Hall–Kier alpha value is -2.01. The highest BCUT2D eigenvalue weighted by Crippen LogP contribution is 2.16. The van der Waals surface area contributed by atoms with Crippen molar-refractivity contribution >= 4 is 15.6 Å². The van der Waals surface area contributed by atoms with Crippen molar-refractivity contribution in [2.75, 3.05) is 6.26 Å². The van der Waals surface area contributed by atoms with Crippen molar-refractivity contribution in [1.82, 2.24) is 0 Å². The van der Waals surface area contributed by atoms with Gasteiger partial charge in [0.05, 0.1) is 4.90 Å². The van der Waals surface area contributed by atoms with E-state index in [9.17, 15) is 17.6 Å². The van der Waals surface area contributed by atoms with Crippen molar-refractivity contribution in [3.05, 3.63) is 65.0 Å². The van der Waals surface area contributed by atoms with E-state index < -0.39 is 15.7 Å². The zero-order valence-electron chi connectivity index (χ0n) is 11.1. The highest BCUT2D eigenvalue weighted by Gasteiger charge is 2.12. The van der Waals surface area contributed by atoms with Gasteiger partial charge in [-0.2, -0.15) is 0 Å². The normalized spacial score (nSPS) is 11.3. The first-order chi connectivity index (χ1) is 9.29. The molecule has 0 saturated heterocycles. The summed E-state index contributed by atoms with van der Waals surface area (Å²) in [5.74, 6) is -0.785. The lowest BCUT2D eigenvalue weighted by molar-refractivity contribution is 0.103. The summed E-state index contributed by atoms with van der Waals surface area (Å²) in [7, 11) is -3.29. The van der Waals surface area contributed by atoms with Crippen molar-refractivity contribution in [3.63, 3.8) is 0 Å². The molecule has 0 aliphatic carbocycles. The SMILES string of the molecule is Cc1ccc(C(=O)c2ccc(S(C)(=O)=O)cc2)cc1F. The van der Waals surface area contributed by atoms with E-state index >= 15 is 0 Å². The van der Waals surface area contributed by atoms with Gasteiger partial charge < -0.3 is 0 Å². The lowest BCUT2D eigenvalue weighted by Gasteiger charge is -2.04. The lowest BCUT2D eigenvalue weighted by atomic mass is 10.0. The molecule has 20 heavy (non-hydrogen) atoms. The molecule has 3 nitrogen and oxygen atoms in total. The molecule has 0 radical (unpaired) electrons. The van der Waals surface area contributed by atoms with Gasteiger partial charge in [-0.3, -0.25) is 4.79 Å². The molecular weight excluding hydrogens is 279 g/mol. The molecule has 0 atom stereocenters. The van der Waals surface area contributed by atoms with Crippen molar-refractivity contribution in [2.24, 2.45) is 0 Å². The van der Waals surface area contributed by atoms with Crippen LogP contribution < -0.4 is 0 Å². The van der Waals surface area contributed by atoms with E-state index in [1.165, 1.54) is 36.4 Å². The summed E-state index contributed by atoms with van der Waals surface area (Å²) < 4.78 is 36.1. The summed E-state index contributed by atoms with van der Waals surface area (Å²) in [5.41, 5.74) is 1.02. The second-order valence-electron chi connectivity index (χ2n) is 4.59. The molecule has 0 saturated carbocycles. The van der Waals surface area contributed by atoms with E-state index in [-0.39, 0.29) is 16.2 Å². The molecule has 0 amide bonds. The standard InChI is InChI=1S/C15H13FO3S/c1-10-3-4-12(9-14(10)16)15(17)11-5-7-13(8-6-11)20(2,18)19/h3-9H,1-2H3. The molecule has 0 spiro atoms. The van der Waals surface area contributed by atoms with Gasteiger partial charge in [0.25, 0.3) is 0 Å². The molecule has 2 rings (SSSR count). The van der Waals surface area contributed by atoms with E-state index in [0.29, 0.717) is 11.1 Å². The van der Waals surface area contributed by atoms with Crippen LogP contribution in [0, 0.1) is 12.7 Å². The van der Waals surface area contributed by atoms with Crippen molar-refractivity contribution in [2.45, 2.75) is 11.8 Å². The van der Waals surface area contributed by atoms with E-state index in [0.717, 1.165) is 6.26 Å². The number of halogens is 1. The van der Waals surface area contributed by atoms with E-state index in [1.54, 1.807) is 13.0 Å². The fourth-order valence-corrected chi connectivity index (χ4v) is 2.38. The fraction of sp³-hybridized carbons (Fsp3) is 0.133. The zero-order valence-corrected chi connectivity index (χ0v) is 11.9. The topological polar surface area (TPSA) is 51.2 Å². The number of rotatable bonds is 3. The summed E-state index contributed by atoms with van der Waals surface area (Å²) in [5, 5.41) is 0. The first-order valence-corrected chi connectivity index (χ1v) is 7.79. The summed E-state index contributed by atoms with van der Waals surface area (Å²) in [4.78, 5) is 12.3. The Morgan fingerprint density at radius 1 is 1.00 bits per heavy atom. The van der Waals surface area contributed by atoms with Gasteiger partial charge in [0, 0.05) is 17.4 Å². The maximum Gasteiger partial charge on any atom is 0.193 e. The van der Waals surface area contributed by atoms with E-state index in [2.05, 4.69) is 0 Å². The van der Waals surface area contributed by atoms with Crippen LogP contribution >= 0.6 is 0 Å². The minimum Gasteiger partial charge on any atom is -0.289 e. The predicted octanol–water partition coefficient (Wildman–Crippen LogP) is 2.77. The lowest BCUT2D eigenvalue weighted by Crippen LogP contribution is -2.03. The van der Waals surface area contributed by atoms with Crippen LogP contribution in [0.4, 0.5) is 4.39 Å². The Labute approximate surface area is 117 Å². The van der Waals surface area contributed by atoms with Gasteiger partial charge in [-0.25, -0.2) is 12.8 Å². The van der Waals surface area contributed by atoms with Gasteiger partial charge in [-0.1, -0.05) is 12.1 Å². The summed E-state index contributed by atoms with van der Waals surface area (Å²) in [6, 6.07) is 9.86. The van der Waals surface area contributed by atoms with Crippen LogP contribution in [0.3, 0.4) is 0 Å². The van der Waals surface area contributed by atoms with Gasteiger partial charge in [0.15, 0.2) is 15.6 Å². The minimum atomic E-state index is -3.29. The van der Waals surface area contributed by atoms with Gasteiger partial charge in [0.1, 0.15) is 5.82 Å². The van der Waals surface area contributed by atoms with Gasteiger partial charge in [0.2, 0.25) is 0 Å². The molecule has 0 heterocycles. The number of hydrogen-bond donors (Lipinski definition) is 0. The Bertz CT molecular complexity index is 762. The highest BCUT2D eigenvalue weighted by molar-refractivity contribution is 7.90. The van der Waals surface area contributed by atoms with Gasteiger partial charge in [-0.15, -0.1) is 0 Å². The maximum atomic E-state index is 13.4. The molecule has 0 aliphatic heterocycles. The molecule has 5 heteroatoms. The van der Waals surface area contributed by atoms with Crippen LogP contribution in [0.15, 0.2) is 47.4 Å². The smallest absolute Gasteiger partial charge is 0.193 e. The molecule has 2 aromatic carbocycles. The average molecular weight is 292 g/mol. The van der Waals surface area contributed by atoms with Gasteiger partial charge >= 0.3 is 0 Å². The second kappa shape index (κ2) is 5.17. The number of carbonyl (C=O) groups is 1. The maximum absolute atomic E-state index is 13.4. The number of carbonyl (C=O) groups excluding carboxylic acids is 1. The van der Waals surface area contributed by atoms with E-state index in [1.807, 2.05) is 0 Å². The van der Waals surface area contributed by atoms with Crippen LogP contribution in [-0.4, -0.2) is 20.5 Å². The number of hydrogen-bond acceptors (Lipinski definition) is 3. The summed E-state index contributed by atoms with van der Waals surface area (Å²) >= 11 is 0. The van der Waals surface area contributed by atoms with Crippen molar-refractivity contribution in [3.8, 4) is 0 Å². The molecular formula is C15H13FO3S. The number of sulfone groups is 1. The summed E-state index contributed by atoms with van der Waals surface area (Å²) in [6.07, 6.45) is 1.10. The molecule has 0 N–H and O–H groups in total. The molecule has 104 valence electrons. The highest BCUT2D eigenvalue weighted by atomic mass is 32.2. The predicted molar refractivity (Wildman–Crippen MR) is 74.1 cm³/mol. The Morgan fingerprint density at radius 2 is 1.55 bits per heavy atom. The number of aryl methyl sites for hydroxylation is 1. The molecule has 2 aromatic rings. The van der Waals surface area contributed by atoms with Crippen LogP contribution in [0.5, 0.6) is 0 Å². The fourth-order valence-electron chi connectivity index (χ4n) is 1.75. The molecule has 0 bridgehead atoms. The van der Waals surface area contributed by atoms with Crippen molar-refractivity contribution in [1.29, 1.82) is 0 Å². The minimum absolute atomic E-state index is 0.143. The zero-order chi connectivity index (χ0) is 14.9. The molecule has 0 aromatic heterocycles. The molecule has 0 fully saturated rings. The first-order valence-electron chi connectivity index (χ1n) is 5.90. The number of ketones is 1. The van der Waals surface area contributed by atoms with Crippen molar-refractivity contribution < 1.29 is 17.6 Å². The Morgan fingerprint density at radius 3 is 2.05 bits per heavy atom. The van der Waals surface area contributed by atoms with Crippen LogP contribution in [0.1, 0.15) is 21.5 Å². The summed E-state index contributed by atoms with van der Waals surface area (Å²) in [6.45, 7) is 1.62. The van der Waals surface area contributed by atoms with Crippen LogP contribution in [0.25, 0.3) is 0 Å². The van der Waals surface area contributed by atoms with Crippen LogP contribution in [-0.2, 0) is 9.84 Å². The molecule has 0 aliphatic rings. The van der Waals surface area contributed by atoms with Gasteiger partial charge in [-0.05, 0) is 42.8 Å². The van der Waals surface area contributed by atoms with E-state index in [4.69, 9.17) is 0 Å². The first kappa shape index (κ1) is 14.4. The molecule has 0 unspecified atom stereocenters. The Balaban J connectivity index is 2.36. The van der Waals surface area contributed by atoms with Crippen LogP contribution in [0.2, 0.25) is 0 Å². The third-order valence-electron chi connectivity index (χ3n) is 2.98. The largest absolute Gasteiger partial charge is 0.289 e. The average Bonchev–Trinajstić information content (AvgIpc) is 2.40. The Kier molecular flexibility index (Phi) is 3.72. The monoisotopic (exact) mass is 292 g/mol. The third-order valence-corrected chi connectivity index (χ3v) is 4.11.